The Kier molecular flexibility index (Phi) is 8.19. The van der Waals surface area contributed by atoms with Crippen molar-refractivity contribution in [2.24, 2.45) is 23.7 Å². The van der Waals surface area contributed by atoms with E-state index in [1.807, 2.05) is 23.9 Å². The Bertz CT molecular complexity index is 1230. The van der Waals surface area contributed by atoms with E-state index in [1.165, 1.54) is 42.6 Å². The van der Waals surface area contributed by atoms with Gasteiger partial charge in [0.05, 0.1) is 20.3 Å². The van der Waals surface area contributed by atoms with E-state index in [9.17, 15) is 4.79 Å². The van der Waals surface area contributed by atoms with E-state index in [0.29, 0.717) is 11.2 Å². The van der Waals surface area contributed by atoms with Crippen molar-refractivity contribution in [3.05, 3.63) is 53.6 Å². The fourth-order valence-corrected chi connectivity index (χ4v) is 10.7. The van der Waals surface area contributed by atoms with E-state index in [2.05, 4.69) is 52.0 Å². The smallest absolute Gasteiger partial charge is 0.240 e. The van der Waals surface area contributed by atoms with Crippen molar-refractivity contribution in [3.63, 3.8) is 0 Å². The normalized spacial score (nSPS) is 32.8. The highest BCUT2D eigenvalue weighted by Crippen LogP contribution is 2.55. The Hall–Kier alpha value is -2.22. The molecule has 4 saturated carbocycles. The number of aryl methyl sites for hydroxylation is 1. The second-order valence-electron chi connectivity index (χ2n) is 13.7. The first kappa shape index (κ1) is 28.5. The van der Waals surface area contributed by atoms with Gasteiger partial charge in [-0.3, -0.25) is 14.6 Å². The minimum atomic E-state index is -0.0733. The van der Waals surface area contributed by atoms with E-state index in [1.54, 1.807) is 14.2 Å². The Balaban J connectivity index is 1.03. The third kappa shape index (κ3) is 5.69. The summed E-state index contributed by atoms with van der Waals surface area (Å²) in [6.07, 6.45) is 8.25. The highest BCUT2D eigenvalue weighted by molar-refractivity contribution is 8.00. The second-order valence-corrected chi connectivity index (χ2v) is 15.1. The molecule has 2 atom stereocenters. The summed E-state index contributed by atoms with van der Waals surface area (Å²) < 4.78 is 10.9. The van der Waals surface area contributed by atoms with Crippen LogP contribution in [0.25, 0.3) is 0 Å². The van der Waals surface area contributed by atoms with E-state index in [0.717, 1.165) is 92.5 Å². The minimum absolute atomic E-state index is 0.0733. The number of carbonyl (C=O) groups excluding carboxylic acids is 1. The maximum atomic E-state index is 14.2. The summed E-state index contributed by atoms with van der Waals surface area (Å²) in [5.74, 6) is 5.98. The number of benzene rings is 2. The van der Waals surface area contributed by atoms with Crippen LogP contribution in [0.3, 0.4) is 0 Å². The Morgan fingerprint density at radius 1 is 0.857 bits per heavy atom. The van der Waals surface area contributed by atoms with Crippen molar-refractivity contribution in [1.82, 2.24) is 14.7 Å². The molecule has 4 bridgehead atoms. The number of nitrogens with zero attached hydrogens (tertiary/aromatic N) is 3. The molecule has 8 rings (SSSR count). The first-order valence-electron chi connectivity index (χ1n) is 16.2. The summed E-state index contributed by atoms with van der Waals surface area (Å²) in [4.78, 5) is 22.9. The predicted octanol–water partition coefficient (Wildman–Crippen LogP) is 5.72. The largest absolute Gasteiger partial charge is 0.497 e. The first-order valence-corrected chi connectivity index (χ1v) is 17.1. The fourth-order valence-electron chi connectivity index (χ4n) is 9.44. The molecule has 1 amide bonds. The van der Waals surface area contributed by atoms with E-state index in [4.69, 9.17) is 9.47 Å². The molecule has 2 aliphatic heterocycles. The van der Waals surface area contributed by atoms with Crippen LogP contribution in [0.4, 0.5) is 0 Å². The quantitative estimate of drug-likeness (QED) is 0.393. The average molecular weight is 590 g/mol. The van der Waals surface area contributed by atoms with Crippen molar-refractivity contribution < 1.29 is 14.3 Å². The van der Waals surface area contributed by atoms with Crippen molar-refractivity contribution in [3.8, 4) is 11.5 Å². The number of ether oxygens (including phenoxy) is 2. The zero-order valence-electron chi connectivity index (χ0n) is 25.5. The number of methoxy groups -OCH3 is 2. The SMILES string of the molecule is COc1ccc(S[C@H]2C[C@@H](C(=O)N3CCN(C4C5CC6CC(C5)CC4C6)CC3)N(Cc3ccc(OC)c(C)c3)C2)cc1. The average Bonchev–Trinajstić information content (AvgIpc) is 3.38. The lowest BCUT2D eigenvalue weighted by Gasteiger charge is -2.58. The molecule has 0 spiro atoms. The van der Waals surface area contributed by atoms with Crippen LogP contribution in [0, 0.1) is 30.6 Å². The molecular weight excluding hydrogens is 542 g/mol. The number of piperazine rings is 1. The predicted molar refractivity (Wildman–Crippen MR) is 168 cm³/mol. The zero-order valence-corrected chi connectivity index (χ0v) is 26.4. The van der Waals surface area contributed by atoms with Crippen LogP contribution in [0.2, 0.25) is 0 Å². The standard InChI is InChI=1S/C35H47N3O3S/c1-23-14-24(4-9-33(23)41-3)21-38-22-31(42-30-7-5-29(40-2)6-8-30)20-32(38)35(39)37-12-10-36(11-13-37)34-27-16-25-15-26(18-27)19-28(34)17-25/h4-9,14,25-28,31-32,34H,10-13,15-22H2,1-3H3/t25?,26?,27?,28?,31-,32-,34?/m0/s1. The van der Waals surface area contributed by atoms with E-state index < -0.39 is 0 Å². The number of rotatable bonds is 8. The monoisotopic (exact) mass is 589 g/mol. The highest BCUT2D eigenvalue weighted by atomic mass is 32.2. The fraction of sp³-hybridized carbons (Fsp3) is 0.629. The van der Waals surface area contributed by atoms with Gasteiger partial charge in [0.2, 0.25) is 5.91 Å². The number of hydrogen-bond acceptors (Lipinski definition) is 6. The molecule has 0 radical (unpaired) electrons. The van der Waals surface area contributed by atoms with Gasteiger partial charge < -0.3 is 14.4 Å². The van der Waals surface area contributed by atoms with Gasteiger partial charge in [0.1, 0.15) is 11.5 Å². The summed E-state index contributed by atoms with van der Waals surface area (Å²) >= 11 is 1.90. The molecule has 0 N–H and O–H groups in total. The molecule has 7 heteroatoms. The molecule has 6 fully saturated rings. The van der Waals surface area contributed by atoms with Gasteiger partial charge in [-0.1, -0.05) is 12.1 Å². The van der Waals surface area contributed by atoms with Crippen LogP contribution in [-0.2, 0) is 11.3 Å². The van der Waals surface area contributed by atoms with Crippen LogP contribution < -0.4 is 9.47 Å². The molecule has 6 nitrogen and oxygen atoms in total. The molecule has 42 heavy (non-hydrogen) atoms. The van der Waals surface area contributed by atoms with Crippen LogP contribution >= 0.6 is 11.8 Å². The van der Waals surface area contributed by atoms with Crippen LogP contribution in [-0.4, -0.2) is 84.9 Å². The molecule has 2 heterocycles. The topological polar surface area (TPSA) is 45.2 Å². The van der Waals surface area contributed by atoms with Crippen LogP contribution in [0.15, 0.2) is 47.4 Å². The van der Waals surface area contributed by atoms with Gasteiger partial charge in [0.15, 0.2) is 0 Å². The first-order chi connectivity index (χ1) is 20.5. The third-order valence-corrected chi connectivity index (χ3v) is 12.3. The van der Waals surface area contributed by atoms with Crippen molar-refractivity contribution >= 4 is 17.7 Å². The Morgan fingerprint density at radius 3 is 2.17 bits per heavy atom. The Labute approximate surface area is 256 Å². The number of carbonyl (C=O) groups is 1. The van der Waals surface area contributed by atoms with Crippen molar-refractivity contribution in [1.29, 1.82) is 0 Å². The van der Waals surface area contributed by atoms with E-state index >= 15 is 0 Å². The summed E-state index contributed by atoms with van der Waals surface area (Å²) in [7, 11) is 3.43. The van der Waals surface area contributed by atoms with Crippen LogP contribution in [0.5, 0.6) is 11.5 Å². The van der Waals surface area contributed by atoms with Gasteiger partial charge in [0.25, 0.3) is 0 Å². The lowest BCUT2D eigenvalue weighted by atomic mass is 9.54. The van der Waals surface area contributed by atoms with E-state index in [-0.39, 0.29) is 6.04 Å². The molecular formula is C35H47N3O3S. The van der Waals surface area contributed by atoms with Gasteiger partial charge in [-0.15, -0.1) is 11.8 Å². The second kappa shape index (κ2) is 12.0. The number of amides is 1. The van der Waals surface area contributed by atoms with Gasteiger partial charge in [0, 0.05) is 55.5 Å². The van der Waals surface area contributed by atoms with Crippen LogP contribution in [0.1, 0.15) is 49.7 Å². The molecule has 226 valence electrons. The van der Waals surface area contributed by atoms with Crippen molar-refractivity contribution in [2.75, 3.05) is 46.9 Å². The third-order valence-electron chi connectivity index (χ3n) is 11.1. The maximum absolute atomic E-state index is 14.2. The summed E-state index contributed by atoms with van der Waals surface area (Å²) in [5.41, 5.74) is 2.38. The summed E-state index contributed by atoms with van der Waals surface area (Å²) in [6.45, 7) is 7.65. The minimum Gasteiger partial charge on any atom is -0.497 e. The highest BCUT2D eigenvalue weighted by Gasteiger charge is 2.50. The molecule has 2 saturated heterocycles. The molecule has 0 aromatic heterocycles. The van der Waals surface area contributed by atoms with Gasteiger partial charge in [-0.25, -0.2) is 0 Å². The number of hydrogen-bond donors (Lipinski definition) is 0. The number of likely N-dealkylation sites (tertiary alicyclic amines) is 1. The molecule has 0 unspecified atom stereocenters. The summed E-state index contributed by atoms with van der Waals surface area (Å²) in [6, 6.07) is 15.5. The zero-order chi connectivity index (χ0) is 28.8. The molecule has 2 aromatic rings. The van der Waals surface area contributed by atoms with Gasteiger partial charge in [-0.05, 0) is 111 Å². The summed E-state index contributed by atoms with van der Waals surface area (Å²) in [5, 5.41) is 0.376. The molecule has 4 aliphatic carbocycles. The van der Waals surface area contributed by atoms with Gasteiger partial charge in [-0.2, -0.15) is 0 Å². The lowest BCUT2D eigenvalue weighted by Crippen LogP contribution is -2.61. The van der Waals surface area contributed by atoms with Crippen molar-refractivity contribution in [2.45, 2.75) is 74.2 Å². The number of thioether (sulfide) groups is 1. The molecule has 2 aromatic carbocycles. The van der Waals surface area contributed by atoms with Gasteiger partial charge >= 0.3 is 0 Å². The molecule has 6 aliphatic rings. The maximum Gasteiger partial charge on any atom is 0.240 e. The lowest BCUT2D eigenvalue weighted by molar-refractivity contribution is -0.140. The Morgan fingerprint density at radius 2 is 1.55 bits per heavy atom.